The van der Waals surface area contributed by atoms with E-state index < -0.39 is 5.82 Å². The Balaban J connectivity index is 2.02. The van der Waals surface area contributed by atoms with Crippen molar-refractivity contribution >= 4 is 17.5 Å². The molecule has 0 aliphatic rings. The summed E-state index contributed by atoms with van der Waals surface area (Å²) in [6.45, 7) is 0.279. The molecule has 1 heterocycles. The van der Waals surface area contributed by atoms with Crippen molar-refractivity contribution in [2.75, 3.05) is 0 Å². The minimum atomic E-state index is -0.547. The van der Waals surface area contributed by atoms with Crippen molar-refractivity contribution in [1.29, 1.82) is 0 Å². The minimum Gasteiger partial charge on any atom is -0.347 e. The highest BCUT2D eigenvalue weighted by molar-refractivity contribution is 6.31. The third-order valence-corrected chi connectivity index (χ3v) is 2.44. The first-order chi connectivity index (χ1) is 8.16. The number of amides is 1. The van der Waals surface area contributed by atoms with Crippen molar-refractivity contribution in [3.63, 3.8) is 0 Å². The lowest BCUT2D eigenvalue weighted by atomic mass is 10.2. The van der Waals surface area contributed by atoms with E-state index in [1.807, 2.05) is 0 Å². The number of benzene rings is 1. The predicted molar refractivity (Wildman–Crippen MR) is 61.2 cm³/mol. The summed E-state index contributed by atoms with van der Waals surface area (Å²) < 4.78 is 12.9. The van der Waals surface area contributed by atoms with Crippen LogP contribution in [-0.4, -0.2) is 15.9 Å². The topological polar surface area (TPSA) is 57.8 Å². The molecule has 1 amide bonds. The van der Waals surface area contributed by atoms with Gasteiger partial charge in [-0.1, -0.05) is 11.6 Å². The predicted octanol–water partition coefficient (Wildman–Crippen LogP) is 2.13. The molecule has 0 bridgehead atoms. The van der Waals surface area contributed by atoms with Crippen LogP contribution in [0.15, 0.2) is 30.6 Å². The summed E-state index contributed by atoms with van der Waals surface area (Å²) in [6.07, 6.45) is 3.26. The van der Waals surface area contributed by atoms with Crippen LogP contribution in [0.4, 0.5) is 4.39 Å². The second kappa shape index (κ2) is 4.97. The number of nitrogens with one attached hydrogen (secondary N) is 2. The zero-order chi connectivity index (χ0) is 12.3. The first kappa shape index (κ1) is 11.6. The fourth-order valence-electron chi connectivity index (χ4n) is 1.30. The van der Waals surface area contributed by atoms with E-state index in [1.165, 1.54) is 12.1 Å². The Kier molecular flexibility index (Phi) is 3.39. The van der Waals surface area contributed by atoms with Gasteiger partial charge in [0.05, 0.1) is 11.6 Å². The summed E-state index contributed by atoms with van der Waals surface area (Å²) in [4.78, 5) is 18.5. The highest BCUT2D eigenvalue weighted by Crippen LogP contribution is 2.15. The van der Waals surface area contributed by atoms with E-state index in [0.29, 0.717) is 11.4 Å². The Hall–Kier alpha value is -1.88. The van der Waals surface area contributed by atoms with Gasteiger partial charge in [0.1, 0.15) is 11.6 Å². The van der Waals surface area contributed by atoms with Crippen molar-refractivity contribution in [1.82, 2.24) is 15.3 Å². The van der Waals surface area contributed by atoms with E-state index in [4.69, 9.17) is 11.6 Å². The molecule has 2 aromatic rings. The number of halogens is 2. The van der Waals surface area contributed by atoms with Crippen LogP contribution in [-0.2, 0) is 6.54 Å². The van der Waals surface area contributed by atoms with Crippen molar-refractivity contribution < 1.29 is 9.18 Å². The Labute approximate surface area is 102 Å². The largest absolute Gasteiger partial charge is 0.347 e. The highest BCUT2D eigenvalue weighted by Gasteiger charge is 2.08. The fraction of sp³-hybridized carbons (Fsp3) is 0.0909. The first-order valence-corrected chi connectivity index (χ1v) is 5.26. The van der Waals surface area contributed by atoms with Crippen LogP contribution in [0.5, 0.6) is 0 Å². The quantitative estimate of drug-likeness (QED) is 0.880. The third kappa shape index (κ3) is 2.82. The van der Waals surface area contributed by atoms with Gasteiger partial charge in [-0.3, -0.25) is 4.79 Å². The van der Waals surface area contributed by atoms with Crippen LogP contribution >= 0.6 is 11.6 Å². The molecule has 88 valence electrons. The smallest absolute Gasteiger partial charge is 0.251 e. The van der Waals surface area contributed by atoms with Crippen LogP contribution in [0.3, 0.4) is 0 Å². The number of hydrogen-bond acceptors (Lipinski definition) is 2. The Bertz CT molecular complexity index is 528. The summed E-state index contributed by atoms with van der Waals surface area (Å²) in [5, 5.41) is 2.56. The zero-order valence-corrected chi connectivity index (χ0v) is 9.46. The monoisotopic (exact) mass is 253 g/mol. The molecule has 6 heteroatoms. The number of imidazole rings is 1. The van der Waals surface area contributed by atoms with Gasteiger partial charge in [0.15, 0.2) is 0 Å². The Morgan fingerprint density at radius 1 is 1.53 bits per heavy atom. The number of aromatic amines is 1. The molecular weight excluding hydrogens is 245 g/mol. The molecule has 0 spiro atoms. The maximum Gasteiger partial charge on any atom is 0.251 e. The molecule has 17 heavy (non-hydrogen) atoms. The van der Waals surface area contributed by atoms with Gasteiger partial charge in [-0.25, -0.2) is 9.37 Å². The van der Waals surface area contributed by atoms with Crippen LogP contribution in [0.25, 0.3) is 0 Å². The molecule has 0 aliphatic carbocycles. The number of hydrogen-bond donors (Lipinski definition) is 2. The van der Waals surface area contributed by atoms with Gasteiger partial charge in [-0.05, 0) is 18.2 Å². The molecule has 0 fully saturated rings. The molecule has 0 aliphatic heterocycles. The van der Waals surface area contributed by atoms with Gasteiger partial charge in [0.2, 0.25) is 0 Å². The normalized spacial score (nSPS) is 10.2. The number of aromatic nitrogens is 2. The minimum absolute atomic E-state index is 0.0735. The van der Waals surface area contributed by atoms with E-state index in [1.54, 1.807) is 12.4 Å². The van der Waals surface area contributed by atoms with Gasteiger partial charge in [0.25, 0.3) is 5.91 Å². The molecule has 2 rings (SSSR count). The molecule has 0 unspecified atom stereocenters. The zero-order valence-electron chi connectivity index (χ0n) is 8.71. The van der Waals surface area contributed by atoms with Crippen molar-refractivity contribution in [2.24, 2.45) is 0 Å². The van der Waals surface area contributed by atoms with Crippen molar-refractivity contribution in [3.05, 3.63) is 52.8 Å². The summed E-state index contributed by atoms with van der Waals surface area (Å²) in [5.41, 5.74) is 0.308. The van der Waals surface area contributed by atoms with E-state index in [2.05, 4.69) is 15.3 Å². The summed E-state index contributed by atoms with van der Waals surface area (Å²) in [5.74, 6) is -0.232. The fourth-order valence-corrected chi connectivity index (χ4v) is 1.48. The van der Waals surface area contributed by atoms with Crippen LogP contribution < -0.4 is 5.32 Å². The lowest BCUT2D eigenvalue weighted by Crippen LogP contribution is -2.23. The number of nitrogens with zero attached hydrogens (tertiary/aromatic N) is 1. The summed E-state index contributed by atoms with van der Waals surface area (Å²) >= 11 is 5.58. The Morgan fingerprint density at radius 2 is 2.35 bits per heavy atom. The van der Waals surface area contributed by atoms with Crippen molar-refractivity contribution in [3.8, 4) is 0 Å². The van der Waals surface area contributed by atoms with Crippen LogP contribution in [0, 0.1) is 5.82 Å². The molecule has 1 aromatic heterocycles. The van der Waals surface area contributed by atoms with Gasteiger partial charge < -0.3 is 10.3 Å². The van der Waals surface area contributed by atoms with E-state index in [0.717, 1.165) is 6.07 Å². The van der Waals surface area contributed by atoms with Gasteiger partial charge in [-0.2, -0.15) is 0 Å². The van der Waals surface area contributed by atoms with E-state index in [9.17, 15) is 9.18 Å². The molecule has 0 saturated carbocycles. The highest BCUT2D eigenvalue weighted by atomic mass is 35.5. The van der Waals surface area contributed by atoms with Gasteiger partial charge in [-0.15, -0.1) is 0 Å². The van der Waals surface area contributed by atoms with Crippen LogP contribution in [0.2, 0.25) is 5.02 Å². The summed E-state index contributed by atoms with van der Waals surface area (Å²) in [6, 6.07) is 3.82. The third-order valence-electron chi connectivity index (χ3n) is 2.15. The molecule has 0 radical (unpaired) electrons. The second-order valence-electron chi connectivity index (χ2n) is 3.35. The number of carbonyl (C=O) groups is 1. The van der Waals surface area contributed by atoms with Gasteiger partial charge in [0, 0.05) is 18.0 Å². The van der Waals surface area contributed by atoms with E-state index in [-0.39, 0.29) is 17.5 Å². The first-order valence-electron chi connectivity index (χ1n) is 4.88. The van der Waals surface area contributed by atoms with Gasteiger partial charge >= 0.3 is 0 Å². The number of rotatable bonds is 3. The Morgan fingerprint density at radius 3 is 3.00 bits per heavy atom. The molecule has 0 saturated heterocycles. The lowest BCUT2D eigenvalue weighted by molar-refractivity contribution is 0.0950. The lowest BCUT2D eigenvalue weighted by Gasteiger charge is -2.04. The van der Waals surface area contributed by atoms with Crippen molar-refractivity contribution in [2.45, 2.75) is 6.54 Å². The average Bonchev–Trinajstić information content (AvgIpc) is 2.82. The van der Waals surface area contributed by atoms with E-state index >= 15 is 0 Å². The van der Waals surface area contributed by atoms with Crippen LogP contribution in [0.1, 0.15) is 16.2 Å². The second-order valence-corrected chi connectivity index (χ2v) is 3.75. The molecular formula is C11H9ClFN3O. The SMILES string of the molecule is O=C(NCc1ncc[nH]1)c1ccc(F)c(Cl)c1. The molecule has 2 N–H and O–H groups in total. The maximum absolute atomic E-state index is 12.9. The molecule has 0 atom stereocenters. The summed E-state index contributed by atoms with van der Waals surface area (Å²) in [7, 11) is 0. The molecule has 1 aromatic carbocycles. The maximum atomic E-state index is 12.9. The number of carbonyl (C=O) groups excluding carboxylic acids is 1. The number of H-pyrrole nitrogens is 1. The average molecular weight is 254 g/mol. The molecule has 4 nitrogen and oxygen atoms in total. The standard InChI is InChI=1S/C11H9ClFN3O/c12-8-5-7(1-2-9(8)13)11(17)16-6-10-14-3-4-15-10/h1-5H,6H2,(H,14,15)(H,16,17).